The van der Waals surface area contributed by atoms with Crippen LogP contribution in [0.3, 0.4) is 0 Å². The van der Waals surface area contributed by atoms with Gasteiger partial charge in [0.15, 0.2) is 17.2 Å². The van der Waals surface area contributed by atoms with Crippen LogP contribution in [0.5, 0.6) is 0 Å². The molecule has 1 rings (SSSR count). The van der Waals surface area contributed by atoms with Crippen molar-refractivity contribution in [1.82, 2.24) is 5.32 Å². The van der Waals surface area contributed by atoms with E-state index in [4.69, 9.17) is 9.47 Å². The molecule has 0 saturated carbocycles. The third kappa shape index (κ3) is 5.97. The summed E-state index contributed by atoms with van der Waals surface area (Å²) < 4.78 is 10.4. The van der Waals surface area contributed by atoms with Crippen molar-refractivity contribution in [2.24, 2.45) is 4.99 Å². The standard InChI is InChI=1S/C21H28N2O5/c1-7-17(27-6)19(24)18(22-5)20(25)23-14(3)21(26)28-15(4)13(2)16-11-9-8-10-12-16/h7-15,24H,5H2,1-4,6H3,(H,23,25)/b17-7+,19-18+/t13-,14+,15+/m1/s1. The summed E-state index contributed by atoms with van der Waals surface area (Å²) in [6.07, 6.45) is 1.08. The molecule has 0 unspecified atom stereocenters. The molecule has 28 heavy (non-hydrogen) atoms. The Balaban J connectivity index is 2.79. The Hall–Kier alpha value is -3.09. The zero-order valence-corrected chi connectivity index (χ0v) is 16.9. The highest BCUT2D eigenvalue weighted by molar-refractivity contribution is 5.97. The minimum Gasteiger partial charge on any atom is -0.503 e. The fourth-order valence-electron chi connectivity index (χ4n) is 2.46. The van der Waals surface area contributed by atoms with Crippen LogP contribution >= 0.6 is 0 Å². The van der Waals surface area contributed by atoms with E-state index in [0.29, 0.717) is 0 Å². The summed E-state index contributed by atoms with van der Waals surface area (Å²) in [5.41, 5.74) is 0.698. The molecule has 0 radical (unpaired) electrons. The van der Waals surface area contributed by atoms with E-state index in [1.807, 2.05) is 37.3 Å². The zero-order valence-electron chi connectivity index (χ0n) is 16.9. The SMILES string of the molecule is C=N/C(C(=O)N[C@@H](C)C(=O)O[C@@H](C)[C@@H](C)c1ccccc1)=C(O)\C(=C/C)OC. The number of rotatable bonds is 9. The number of nitrogens with zero attached hydrogens (tertiary/aromatic N) is 1. The topological polar surface area (TPSA) is 97.2 Å². The van der Waals surface area contributed by atoms with Crippen LogP contribution < -0.4 is 5.32 Å². The number of aliphatic hydroxyl groups excluding tert-OH is 1. The molecule has 0 aromatic heterocycles. The van der Waals surface area contributed by atoms with Gasteiger partial charge in [0.25, 0.3) is 5.91 Å². The molecule has 0 fully saturated rings. The zero-order chi connectivity index (χ0) is 21.3. The van der Waals surface area contributed by atoms with Gasteiger partial charge < -0.3 is 19.9 Å². The lowest BCUT2D eigenvalue weighted by atomic mass is 9.96. The monoisotopic (exact) mass is 388 g/mol. The Kier molecular flexibility index (Phi) is 8.95. The quantitative estimate of drug-likeness (QED) is 0.222. The Morgan fingerprint density at radius 1 is 1.21 bits per heavy atom. The first-order valence-electron chi connectivity index (χ1n) is 8.93. The minimum atomic E-state index is -0.945. The first kappa shape index (κ1) is 23.0. The fraction of sp³-hybridized carbons (Fsp3) is 0.381. The van der Waals surface area contributed by atoms with Crippen molar-refractivity contribution >= 4 is 18.6 Å². The first-order chi connectivity index (χ1) is 13.3. The second kappa shape index (κ2) is 10.9. The van der Waals surface area contributed by atoms with Crippen molar-refractivity contribution in [3.8, 4) is 0 Å². The highest BCUT2D eigenvalue weighted by atomic mass is 16.5. The van der Waals surface area contributed by atoms with Gasteiger partial charge in [-0.2, -0.15) is 0 Å². The molecule has 0 aliphatic rings. The van der Waals surface area contributed by atoms with E-state index < -0.39 is 29.8 Å². The van der Waals surface area contributed by atoms with Crippen LogP contribution in [0.25, 0.3) is 0 Å². The number of aliphatic hydroxyl groups is 1. The fourth-order valence-corrected chi connectivity index (χ4v) is 2.46. The molecule has 7 heteroatoms. The van der Waals surface area contributed by atoms with Crippen LogP contribution in [0.1, 0.15) is 39.2 Å². The lowest BCUT2D eigenvalue weighted by Gasteiger charge is -2.23. The van der Waals surface area contributed by atoms with Crippen LogP contribution in [0, 0.1) is 0 Å². The van der Waals surface area contributed by atoms with E-state index in [9.17, 15) is 14.7 Å². The Labute approximate surface area is 165 Å². The van der Waals surface area contributed by atoms with Gasteiger partial charge in [0, 0.05) is 5.92 Å². The maximum Gasteiger partial charge on any atom is 0.328 e. The van der Waals surface area contributed by atoms with Crippen LogP contribution in [0.2, 0.25) is 0 Å². The van der Waals surface area contributed by atoms with E-state index in [-0.39, 0.29) is 17.4 Å². The normalized spacial score (nSPS) is 15.5. The second-order valence-corrected chi connectivity index (χ2v) is 6.25. The lowest BCUT2D eigenvalue weighted by Crippen LogP contribution is -2.41. The molecule has 1 aromatic rings. The molecular formula is C21H28N2O5. The summed E-state index contributed by atoms with van der Waals surface area (Å²) in [6.45, 7) is 10.2. The number of amides is 1. The molecule has 0 aliphatic carbocycles. The van der Waals surface area contributed by atoms with Crippen molar-refractivity contribution < 1.29 is 24.2 Å². The van der Waals surface area contributed by atoms with E-state index in [1.54, 1.807) is 13.8 Å². The Morgan fingerprint density at radius 2 is 1.82 bits per heavy atom. The van der Waals surface area contributed by atoms with Gasteiger partial charge in [0.1, 0.15) is 12.1 Å². The van der Waals surface area contributed by atoms with Crippen molar-refractivity contribution in [3.63, 3.8) is 0 Å². The van der Waals surface area contributed by atoms with Crippen molar-refractivity contribution in [2.75, 3.05) is 7.11 Å². The maximum atomic E-state index is 12.4. The minimum absolute atomic E-state index is 0.0126. The summed E-state index contributed by atoms with van der Waals surface area (Å²) in [5.74, 6) is -1.77. The van der Waals surface area contributed by atoms with Crippen molar-refractivity contribution in [3.05, 3.63) is 59.2 Å². The van der Waals surface area contributed by atoms with Crippen LogP contribution in [-0.2, 0) is 19.1 Å². The number of hydrogen-bond donors (Lipinski definition) is 2. The summed E-state index contributed by atoms with van der Waals surface area (Å²) in [4.78, 5) is 28.2. The predicted octanol–water partition coefficient (Wildman–Crippen LogP) is 3.25. The van der Waals surface area contributed by atoms with Crippen molar-refractivity contribution in [2.45, 2.75) is 45.8 Å². The van der Waals surface area contributed by atoms with Gasteiger partial charge in [-0.1, -0.05) is 37.3 Å². The molecule has 0 aliphatic heterocycles. The van der Waals surface area contributed by atoms with Gasteiger partial charge in [-0.3, -0.25) is 9.79 Å². The molecule has 2 N–H and O–H groups in total. The smallest absolute Gasteiger partial charge is 0.328 e. The van der Waals surface area contributed by atoms with Gasteiger partial charge >= 0.3 is 5.97 Å². The van der Waals surface area contributed by atoms with E-state index in [2.05, 4.69) is 17.0 Å². The highest BCUT2D eigenvalue weighted by Crippen LogP contribution is 2.21. The molecule has 1 aromatic carbocycles. The van der Waals surface area contributed by atoms with Crippen LogP contribution in [-0.4, -0.2) is 43.0 Å². The molecule has 152 valence electrons. The Bertz CT molecular complexity index is 755. The van der Waals surface area contributed by atoms with E-state index in [0.717, 1.165) is 5.56 Å². The summed E-state index contributed by atoms with van der Waals surface area (Å²) in [5, 5.41) is 12.6. The maximum absolute atomic E-state index is 12.4. The van der Waals surface area contributed by atoms with Crippen molar-refractivity contribution in [1.29, 1.82) is 0 Å². The molecule has 1 amide bonds. The summed E-state index contributed by atoms with van der Waals surface area (Å²) in [6, 6.07) is 8.74. The Morgan fingerprint density at radius 3 is 2.32 bits per heavy atom. The molecule has 0 spiro atoms. The van der Waals surface area contributed by atoms with Gasteiger partial charge in [0.2, 0.25) is 0 Å². The van der Waals surface area contributed by atoms with Gasteiger partial charge in [-0.15, -0.1) is 0 Å². The molecule has 0 saturated heterocycles. The number of aliphatic imine (C=N–C) groups is 1. The predicted molar refractivity (Wildman–Crippen MR) is 108 cm³/mol. The number of carbonyl (C=O) groups excluding carboxylic acids is 2. The number of carbonyl (C=O) groups is 2. The molecular weight excluding hydrogens is 360 g/mol. The first-order valence-corrected chi connectivity index (χ1v) is 8.93. The molecule has 7 nitrogen and oxygen atoms in total. The van der Waals surface area contributed by atoms with E-state index >= 15 is 0 Å². The van der Waals surface area contributed by atoms with Gasteiger partial charge in [-0.05, 0) is 39.1 Å². The average molecular weight is 388 g/mol. The largest absolute Gasteiger partial charge is 0.503 e. The van der Waals surface area contributed by atoms with E-state index in [1.165, 1.54) is 20.1 Å². The lowest BCUT2D eigenvalue weighted by molar-refractivity contribution is -0.152. The summed E-state index contributed by atoms with van der Waals surface area (Å²) >= 11 is 0. The summed E-state index contributed by atoms with van der Waals surface area (Å²) in [7, 11) is 1.35. The number of esters is 1. The van der Waals surface area contributed by atoms with Crippen LogP contribution in [0.15, 0.2) is 58.6 Å². The number of methoxy groups -OCH3 is 1. The van der Waals surface area contributed by atoms with Crippen LogP contribution in [0.4, 0.5) is 0 Å². The second-order valence-electron chi connectivity index (χ2n) is 6.25. The number of benzene rings is 1. The molecule has 0 bridgehead atoms. The molecule has 3 atom stereocenters. The third-order valence-corrected chi connectivity index (χ3v) is 4.35. The highest BCUT2D eigenvalue weighted by Gasteiger charge is 2.25. The van der Waals surface area contributed by atoms with Gasteiger partial charge in [0.05, 0.1) is 7.11 Å². The third-order valence-electron chi connectivity index (χ3n) is 4.35. The van der Waals surface area contributed by atoms with Gasteiger partial charge in [-0.25, -0.2) is 4.79 Å². The molecule has 0 heterocycles. The number of nitrogens with one attached hydrogen (secondary N) is 1. The number of allylic oxidation sites excluding steroid dienone is 1. The average Bonchev–Trinajstić information content (AvgIpc) is 2.69. The number of ether oxygens (including phenoxy) is 2. The number of hydrogen-bond acceptors (Lipinski definition) is 6.